The second-order valence-electron chi connectivity index (χ2n) is 12.9. The fraction of sp³-hybridized carbons (Fsp3) is 0.500. The van der Waals surface area contributed by atoms with Crippen LogP contribution in [0, 0.1) is 17.3 Å². The minimum Gasteiger partial charge on any atom is -0.347 e. The van der Waals surface area contributed by atoms with E-state index in [4.69, 9.17) is 9.47 Å². The molecular formula is C36H43NO2. The third-order valence-corrected chi connectivity index (χ3v) is 11.0. The molecule has 1 saturated heterocycles. The van der Waals surface area contributed by atoms with E-state index < -0.39 is 0 Å². The Balaban J connectivity index is 1.14. The van der Waals surface area contributed by atoms with Gasteiger partial charge in [0.25, 0.3) is 0 Å². The summed E-state index contributed by atoms with van der Waals surface area (Å²) in [7, 11) is 0. The molecule has 5 atom stereocenters. The van der Waals surface area contributed by atoms with E-state index in [1.165, 1.54) is 48.8 Å². The fourth-order valence-electron chi connectivity index (χ4n) is 8.92. The van der Waals surface area contributed by atoms with Crippen molar-refractivity contribution in [1.29, 1.82) is 0 Å². The van der Waals surface area contributed by atoms with Gasteiger partial charge in [-0.15, -0.1) is 0 Å². The van der Waals surface area contributed by atoms with Crippen molar-refractivity contribution in [2.45, 2.75) is 83.2 Å². The van der Waals surface area contributed by atoms with E-state index in [1.54, 1.807) is 11.1 Å². The van der Waals surface area contributed by atoms with Crippen molar-refractivity contribution in [3.8, 4) is 0 Å². The highest BCUT2D eigenvalue weighted by Crippen LogP contribution is 2.66. The Hall–Kier alpha value is -2.46. The third-order valence-electron chi connectivity index (χ3n) is 11.0. The standard InChI is InChI=1S/C36H43NO2/c1-26(37(24-27-9-5-3-6-10-27)25-28-11-7-4-8-12-28)29-13-15-31-30(23-29)14-16-33-32(31)17-19-35(2)34(33)18-20-36(35)38-21-22-39-36/h3-13,15,23,26,32-34H,14,16-22,24-25H2,1-2H3/t26-,32+,33+,34-,35-/m0/s1. The Kier molecular flexibility index (Phi) is 6.66. The van der Waals surface area contributed by atoms with Crippen molar-refractivity contribution in [3.63, 3.8) is 0 Å². The number of fused-ring (bicyclic) bond motifs is 6. The molecule has 3 aromatic rings. The Bertz CT molecular complexity index is 1240. The summed E-state index contributed by atoms with van der Waals surface area (Å²) in [5, 5.41) is 0. The summed E-state index contributed by atoms with van der Waals surface area (Å²) in [5.41, 5.74) is 7.60. The van der Waals surface area contributed by atoms with Gasteiger partial charge in [-0.2, -0.15) is 0 Å². The molecule has 3 aliphatic carbocycles. The molecule has 0 N–H and O–H groups in total. The number of nitrogens with zero attached hydrogens (tertiary/aromatic N) is 1. The maximum Gasteiger partial charge on any atom is 0.174 e. The Morgan fingerprint density at radius 2 is 1.49 bits per heavy atom. The predicted octanol–water partition coefficient (Wildman–Crippen LogP) is 8.05. The molecule has 1 heterocycles. The lowest BCUT2D eigenvalue weighted by atomic mass is 9.54. The molecule has 0 unspecified atom stereocenters. The highest BCUT2D eigenvalue weighted by Gasteiger charge is 2.65. The van der Waals surface area contributed by atoms with Crippen LogP contribution in [0.15, 0.2) is 78.9 Å². The lowest BCUT2D eigenvalue weighted by molar-refractivity contribution is -0.237. The quantitative estimate of drug-likeness (QED) is 0.328. The zero-order valence-electron chi connectivity index (χ0n) is 23.6. The van der Waals surface area contributed by atoms with Crippen LogP contribution in [0.5, 0.6) is 0 Å². The van der Waals surface area contributed by atoms with Gasteiger partial charge >= 0.3 is 0 Å². The topological polar surface area (TPSA) is 21.7 Å². The molecule has 2 saturated carbocycles. The average Bonchev–Trinajstić information content (AvgIpc) is 3.58. The van der Waals surface area contributed by atoms with E-state index in [0.29, 0.717) is 17.9 Å². The molecule has 3 fully saturated rings. The first-order valence-electron chi connectivity index (χ1n) is 15.3. The van der Waals surface area contributed by atoms with Crippen LogP contribution in [0.4, 0.5) is 0 Å². The number of benzene rings is 3. The van der Waals surface area contributed by atoms with Gasteiger partial charge in [0.1, 0.15) is 0 Å². The van der Waals surface area contributed by atoms with E-state index in [9.17, 15) is 0 Å². The van der Waals surface area contributed by atoms with Gasteiger partial charge in [-0.05, 0) is 84.6 Å². The average molecular weight is 522 g/mol. The van der Waals surface area contributed by atoms with Gasteiger partial charge in [0.05, 0.1) is 13.2 Å². The van der Waals surface area contributed by atoms with Gasteiger partial charge in [-0.1, -0.05) is 85.8 Å². The largest absolute Gasteiger partial charge is 0.347 e. The number of aryl methyl sites for hydroxylation is 1. The van der Waals surface area contributed by atoms with Crippen LogP contribution in [0.1, 0.15) is 85.7 Å². The molecule has 0 radical (unpaired) electrons. The molecule has 3 heteroatoms. The normalized spacial score (nSPS) is 29.7. The lowest BCUT2D eigenvalue weighted by Gasteiger charge is -2.52. The van der Waals surface area contributed by atoms with Crippen molar-refractivity contribution in [3.05, 3.63) is 107 Å². The van der Waals surface area contributed by atoms with Crippen LogP contribution in [-0.2, 0) is 29.0 Å². The van der Waals surface area contributed by atoms with E-state index in [-0.39, 0.29) is 11.2 Å². The minimum absolute atomic E-state index is 0.173. The van der Waals surface area contributed by atoms with E-state index in [2.05, 4.69) is 97.6 Å². The summed E-state index contributed by atoms with van der Waals surface area (Å²) >= 11 is 0. The van der Waals surface area contributed by atoms with E-state index in [1.807, 2.05) is 0 Å². The summed E-state index contributed by atoms with van der Waals surface area (Å²) in [4.78, 5) is 2.63. The Morgan fingerprint density at radius 1 is 0.821 bits per heavy atom. The molecule has 4 aliphatic rings. The van der Waals surface area contributed by atoms with Gasteiger partial charge in [0, 0.05) is 31.0 Å². The van der Waals surface area contributed by atoms with E-state index >= 15 is 0 Å². The minimum atomic E-state index is -0.302. The molecule has 3 aromatic carbocycles. The first-order chi connectivity index (χ1) is 19.1. The number of hydrogen-bond acceptors (Lipinski definition) is 3. The van der Waals surface area contributed by atoms with Crippen LogP contribution in [0.3, 0.4) is 0 Å². The van der Waals surface area contributed by atoms with Crippen LogP contribution >= 0.6 is 0 Å². The van der Waals surface area contributed by atoms with Crippen LogP contribution in [0.2, 0.25) is 0 Å². The predicted molar refractivity (Wildman–Crippen MR) is 156 cm³/mol. The van der Waals surface area contributed by atoms with Crippen molar-refractivity contribution in [2.24, 2.45) is 17.3 Å². The zero-order chi connectivity index (χ0) is 26.5. The lowest BCUT2D eigenvalue weighted by Crippen LogP contribution is -2.51. The summed E-state index contributed by atoms with van der Waals surface area (Å²) in [6.07, 6.45) is 7.34. The molecule has 0 amide bonds. The van der Waals surface area contributed by atoms with Gasteiger partial charge < -0.3 is 9.47 Å². The molecule has 39 heavy (non-hydrogen) atoms. The number of hydrogen-bond donors (Lipinski definition) is 0. The number of rotatable bonds is 6. The first-order valence-corrected chi connectivity index (χ1v) is 15.3. The van der Waals surface area contributed by atoms with Crippen molar-refractivity contribution < 1.29 is 9.47 Å². The molecule has 1 aliphatic heterocycles. The van der Waals surface area contributed by atoms with Crippen molar-refractivity contribution in [1.82, 2.24) is 4.90 Å². The third kappa shape index (κ3) is 4.38. The molecule has 0 aromatic heterocycles. The second kappa shape index (κ2) is 10.2. The summed E-state index contributed by atoms with van der Waals surface area (Å²) in [6, 6.07) is 29.7. The van der Waals surface area contributed by atoms with Gasteiger partial charge in [0.2, 0.25) is 0 Å². The highest BCUT2D eigenvalue weighted by atomic mass is 16.7. The maximum atomic E-state index is 6.35. The fourth-order valence-corrected chi connectivity index (χ4v) is 8.92. The summed E-state index contributed by atoms with van der Waals surface area (Å²) < 4.78 is 12.7. The highest BCUT2D eigenvalue weighted by molar-refractivity contribution is 5.39. The molecule has 204 valence electrons. The first kappa shape index (κ1) is 25.5. The summed E-state index contributed by atoms with van der Waals surface area (Å²) in [6.45, 7) is 8.32. The van der Waals surface area contributed by atoms with Crippen molar-refractivity contribution >= 4 is 0 Å². The second-order valence-corrected chi connectivity index (χ2v) is 12.9. The molecule has 0 bridgehead atoms. The number of ether oxygens (including phenoxy) is 2. The Morgan fingerprint density at radius 3 is 2.15 bits per heavy atom. The molecule has 1 spiro atoms. The Labute approximate surface area is 234 Å². The van der Waals surface area contributed by atoms with Gasteiger partial charge in [0.15, 0.2) is 5.79 Å². The smallest absolute Gasteiger partial charge is 0.174 e. The SMILES string of the molecule is C[C@@H](c1ccc2c(c1)CC[C@@H]1[C@@H]2CC[C@@]2(C)[C@H]1CCC21OCCO1)N(Cc1ccccc1)Cc1ccccc1. The van der Waals surface area contributed by atoms with Gasteiger partial charge in [-0.25, -0.2) is 0 Å². The van der Waals surface area contributed by atoms with Crippen LogP contribution in [0.25, 0.3) is 0 Å². The molecule has 7 rings (SSSR count). The molecule has 3 nitrogen and oxygen atoms in total. The molecular weight excluding hydrogens is 478 g/mol. The van der Waals surface area contributed by atoms with Crippen LogP contribution < -0.4 is 0 Å². The maximum absolute atomic E-state index is 6.35. The summed E-state index contributed by atoms with van der Waals surface area (Å²) in [5.74, 6) is 1.87. The van der Waals surface area contributed by atoms with Crippen LogP contribution in [-0.4, -0.2) is 23.9 Å². The van der Waals surface area contributed by atoms with Gasteiger partial charge in [-0.3, -0.25) is 4.90 Å². The van der Waals surface area contributed by atoms with E-state index in [0.717, 1.165) is 38.6 Å². The monoisotopic (exact) mass is 521 g/mol. The zero-order valence-corrected chi connectivity index (χ0v) is 23.6. The van der Waals surface area contributed by atoms with Crippen molar-refractivity contribution in [2.75, 3.05) is 13.2 Å².